The molecule has 0 amide bonds. The topological polar surface area (TPSA) is 64.3 Å². The molecule has 0 fully saturated rings. The van der Waals surface area contributed by atoms with Gasteiger partial charge in [0.1, 0.15) is 22.3 Å². The van der Waals surface area contributed by atoms with Crippen LogP contribution in [-0.4, -0.2) is 0 Å². The Hall–Kier alpha value is -4.44. The zero-order chi connectivity index (χ0) is 22.4. The molecule has 5 aromatic rings. The fourth-order valence-corrected chi connectivity index (χ4v) is 4.45. The van der Waals surface area contributed by atoms with Crippen molar-refractivity contribution in [3.05, 3.63) is 121 Å². The van der Waals surface area contributed by atoms with Crippen LogP contribution in [0, 0.1) is 0 Å². The molecule has 160 valence electrons. The van der Waals surface area contributed by atoms with E-state index in [9.17, 15) is 0 Å². The molecule has 0 saturated heterocycles. The van der Waals surface area contributed by atoms with Gasteiger partial charge in [-0.1, -0.05) is 55.1 Å². The van der Waals surface area contributed by atoms with E-state index in [4.69, 9.17) is 14.6 Å². The third-order valence-corrected chi connectivity index (χ3v) is 6.09. The Balaban J connectivity index is 1.40. The van der Waals surface area contributed by atoms with Crippen LogP contribution in [-0.2, 0) is 0 Å². The van der Waals surface area contributed by atoms with Crippen molar-refractivity contribution in [2.24, 2.45) is 5.73 Å². The maximum atomic E-state index is 6.16. The number of fused-ring (bicyclic) bond motifs is 6. The summed E-state index contributed by atoms with van der Waals surface area (Å²) in [6.07, 6.45) is 13.3. The van der Waals surface area contributed by atoms with E-state index in [0.29, 0.717) is 0 Å². The third kappa shape index (κ3) is 3.24. The lowest BCUT2D eigenvalue weighted by molar-refractivity contribution is 0.655. The number of dihydropyridines is 1. The van der Waals surface area contributed by atoms with Gasteiger partial charge in [-0.05, 0) is 53.8 Å². The second-order valence-electron chi connectivity index (χ2n) is 8.16. The average Bonchev–Trinajstić information content (AvgIpc) is 3.39. The minimum Gasteiger partial charge on any atom is -0.456 e. The molecule has 3 N–H and O–H groups in total. The van der Waals surface area contributed by atoms with Crippen LogP contribution in [0.1, 0.15) is 11.6 Å². The molecule has 1 aliphatic heterocycles. The number of hydrogen-bond donors (Lipinski definition) is 2. The highest BCUT2D eigenvalue weighted by Gasteiger charge is 2.17. The van der Waals surface area contributed by atoms with Gasteiger partial charge >= 0.3 is 0 Å². The first-order valence-corrected chi connectivity index (χ1v) is 10.9. The van der Waals surface area contributed by atoms with Gasteiger partial charge in [-0.2, -0.15) is 0 Å². The van der Waals surface area contributed by atoms with E-state index < -0.39 is 0 Å². The zero-order valence-electron chi connectivity index (χ0n) is 17.9. The average molecular weight is 431 g/mol. The highest BCUT2D eigenvalue weighted by molar-refractivity contribution is 6.15. The molecule has 4 heteroatoms. The van der Waals surface area contributed by atoms with Gasteiger partial charge in [-0.15, -0.1) is 0 Å². The van der Waals surface area contributed by atoms with Gasteiger partial charge in [-0.25, -0.2) is 0 Å². The van der Waals surface area contributed by atoms with Gasteiger partial charge < -0.3 is 19.9 Å². The maximum Gasteiger partial charge on any atom is 0.139 e. The van der Waals surface area contributed by atoms with Gasteiger partial charge in [0.25, 0.3) is 0 Å². The van der Waals surface area contributed by atoms with E-state index in [1.807, 2.05) is 48.6 Å². The van der Waals surface area contributed by atoms with Gasteiger partial charge in [0.2, 0.25) is 0 Å². The van der Waals surface area contributed by atoms with E-state index in [1.165, 1.54) is 6.20 Å². The predicted octanol–water partition coefficient (Wildman–Crippen LogP) is 7.15. The summed E-state index contributed by atoms with van der Waals surface area (Å²) < 4.78 is 12.2. The minimum absolute atomic E-state index is 0.0352. The summed E-state index contributed by atoms with van der Waals surface area (Å²) in [4.78, 5) is 0. The molecule has 3 aromatic carbocycles. The van der Waals surface area contributed by atoms with Crippen LogP contribution in [0.25, 0.3) is 43.9 Å². The number of nitrogens with one attached hydrogen (secondary N) is 1. The molecular weight excluding hydrogens is 408 g/mol. The van der Waals surface area contributed by atoms with Crippen molar-refractivity contribution in [1.82, 2.24) is 5.32 Å². The van der Waals surface area contributed by atoms with Crippen LogP contribution >= 0.6 is 0 Å². The molecular formula is C29H22N2O2. The molecule has 0 bridgehead atoms. The van der Waals surface area contributed by atoms with E-state index >= 15 is 0 Å². The summed E-state index contributed by atoms with van der Waals surface area (Å²) in [6.45, 7) is 4.16. The van der Waals surface area contributed by atoms with Crippen molar-refractivity contribution in [2.45, 2.75) is 6.04 Å². The first-order valence-electron chi connectivity index (χ1n) is 10.9. The van der Waals surface area contributed by atoms with E-state index in [1.54, 1.807) is 6.08 Å². The zero-order valence-corrected chi connectivity index (χ0v) is 17.9. The molecule has 33 heavy (non-hydrogen) atoms. The number of allylic oxidation sites excluding steroid dienone is 5. The van der Waals surface area contributed by atoms with Crippen molar-refractivity contribution < 1.29 is 8.83 Å². The molecule has 1 aliphatic rings. The molecule has 0 saturated carbocycles. The van der Waals surface area contributed by atoms with Crippen molar-refractivity contribution in [1.29, 1.82) is 0 Å². The number of para-hydroxylation sites is 1. The monoisotopic (exact) mass is 430 g/mol. The fourth-order valence-electron chi connectivity index (χ4n) is 4.45. The Morgan fingerprint density at radius 1 is 0.848 bits per heavy atom. The molecule has 1 unspecified atom stereocenters. The number of furan rings is 2. The van der Waals surface area contributed by atoms with Crippen molar-refractivity contribution in [3.63, 3.8) is 0 Å². The van der Waals surface area contributed by atoms with E-state index in [0.717, 1.165) is 60.7 Å². The molecule has 0 spiro atoms. The second kappa shape index (κ2) is 7.61. The van der Waals surface area contributed by atoms with Gasteiger partial charge in [0.05, 0.1) is 6.04 Å². The summed E-state index contributed by atoms with van der Waals surface area (Å²) in [5.74, 6) is 0. The Labute approximate surface area is 190 Å². The lowest BCUT2D eigenvalue weighted by Gasteiger charge is -2.22. The number of nitrogens with two attached hydrogens (primary N) is 1. The summed E-state index contributed by atoms with van der Waals surface area (Å²) in [5, 5.41) is 7.96. The summed E-state index contributed by atoms with van der Waals surface area (Å²) in [7, 11) is 0. The minimum atomic E-state index is 0.0352. The number of rotatable bonds is 4. The normalized spacial score (nSPS) is 16.5. The van der Waals surface area contributed by atoms with Crippen LogP contribution < -0.4 is 11.1 Å². The number of benzene rings is 3. The Bertz CT molecular complexity index is 1670. The maximum absolute atomic E-state index is 6.16. The van der Waals surface area contributed by atoms with E-state index in [-0.39, 0.29) is 6.04 Å². The smallest absolute Gasteiger partial charge is 0.139 e. The van der Waals surface area contributed by atoms with Gasteiger partial charge in [0, 0.05) is 33.3 Å². The highest BCUT2D eigenvalue weighted by Crippen LogP contribution is 2.37. The summed E-state index contributed by atoms with van der Waals surface area (Å²) in [6, 6.07) is 18.7. The highest BCUT2D eigenvalue weighted by atomic mass is 16.3. The Morgan fingerprint density at radius 2 is 1.61 bits per heavy atom. The van der Waals surface area contributed by atoms with Crippen molar-refractivity contribution >= 4 is 43.9 Å². The second-order valence-corrected chi connectivity index (χ2v) is 8.16. The molecule has 6 rings (SSSR count). The standard InChI is InChI=1S/C29H22N2O2/c1-18(7-4-5-14-30)24-9-6-10-25(31-24)19-12-13-27-21(15-19)23-16-22-20-8-2-3-11-26(20)32-28(22)17-29(23)33-27/h2-17,25,31H,1,30H2/b7-4-,14-5-. The van der Waals surface area contributed by atoms with Crippen LogP contribution in [0.15, 0.2) is 124 Å². The summed E-state index contributed by atoms with van der Waals surface area (Å²) in [5.41, 5.74) is 11.8. The van der Waals surface area contributed by atoms with Crippen LogP contribution in [0.5, 0.6) is 0 Å². The molecule has 0 radical (unpaired) electrons. The first-order chi connectivity index (χ1) is 16.2. The largest absolute Gasteiger partial charge is 0.456 e. The fraction of sp³-hybridized carbons (Fsp3) is 0.0345. The first kappa shape index (κ1) is 19.3. The quantitative estimate of drug-likeness (QED) is 0.297. The van der Waals surface area contributed by atoms with Crippen LogP contribution in [0.4, 0.5) is 0 Å². The molecule has 0 aliphatic carbocycles. The van der Waals surface area contributed by atoms with Crippen molar-refractivity contribution in [2.75, 3.05) is 0 Å². The predicted molar refractivity (Wildman–Crippen MR) is 136 cm³/mol. The molecule has 1 atom stereocenters. The lowest BCUT2D eigenvalue weighted by atomic mass is 9.99. The van der Waals surface area contributed by atoms with Gasteiger partial charge in [-0.3, -0.25) is 0 Å². The lowest BCUT2D eigenvalue weighted by Crippen LogP contribution is -2.21. The Morgan fingerprint density at radius 3 is 2.45 bits per heavy atom. The van der Waals surface area contributed by atoms with E-state index in [2.05, 4.69) is 48.3 Å². The molecule has 3 heterocycles. The molecule has 4 nitrogen and oxygen atoms in total. The van der Waals surface area contributed by atoms with Gasteiger partial charge in [0.15, 0.2) is 0 Å². The van der Waals surface area contributed by atoms with Crippen molar-refractivity contribution in [3.8, 4) is 0 Å². The van der Waals surface area contributed by atoms with Crippen LogP contribution in [0.3, 0.4) is 0 Å². The Kier molecular flexibility index (Phi) is 4.44. The SMILES string of the molecule is C=C(/C=C\C=C/N)C1=CC=CC(c2ccc3oc4cc5oc6ccccc6c5cc4c3c2)N1. The number of hydrogen-bond acceptors (Lipinski definition) is 4. The molecule has 2 aromatic heterocycles. The summed E-state index contributed by atoms with van der Waals surface area (Å²) >= 11 is 0. The third-order valence-electron chi connectivity index (χ3n) is 6.09. The van der Waals surface area contributed by atoms with Crippen LogP contribution in [0.2, 0.25) is 0 Å².